The zero-order valence-corrected chi connectivity index (χ0v) is 8.01. The van der Waals surface area contributed by atoms with Gasteiger partial charge in [-0.25, -0.2) is 4.57 Å². The maximum atomic E-state index is 8.88. The molecule has 0 amide bonds. The second-order valence-corrected chi connectivity index (χ2v) is 1.89. The molecule has 0 heterocycles. The third kappa shape index (κ3) is 528. The summed E-state index contributed by atoms with van der Waals surface area (Å²) in [4.78, 5) is 21.6. The molecule has 56 valence electrons. The summed E-state index contributed by atoms with van der Waals surface area (Å²) >= 11 is 0. The summed E-state index contributed by atoms with van der Waals surface area (Å²) in [6, 6.07) is 0. The Labute approximate surface area is 79.0 Å². The third-order valence-corrected chi connectivity index (χ3v) is 0. The normalized spacial score (nSPS) is 8.60. The van der Waals surface area contributed by atoms with Gasteiger partial charge in [0.15, 0.2) is 0 Å². The molecule has 7 nitrogen and oxygen atoms in total. The van der Waals surface area contributed by atoms with E-state index >= 15 is 0 Å². The molecule has 0 spiro atoms. The number of hydrogen-bond donors (Lipinski definition) is 6. The van der Waals surface area contributed by atoms with Crippen LogP contribution in [0.5, 0.6) is 0 Å². The summed E-state index contributed by atoms with van der Waals surface area (Å²) in [5.74, 6) is 0. The molecule has 0 saturated heterocycles. The van der Waals surface area contributed by atoms with Gasteiger partial charge in [0.2, 0.25) is 0 Å². The third-order valence-electron chi connectivity index (χ3n) is 0. The maximum absolute atomic E-state index is 8.88. The molecule has 0 aliphatic heterocycles. The second kappa shape index (κ2) is 8.15. The fourth-order valence-electron chi connectivity index (χ4n) is 0. The molecule has 0 radical (unpaired) electrons. The molecule has 10 heavy (non-hydrogen) atoms. The van der Waals surface area contributed by atoms with Crippen LogP contribution in [0.15, 0.2) is 0 Å². The largest absolute Gasteiger partial charge is 1.00 e. The van der Waals surface area contributed by atoms with Crippen molar-refractivity contribution in [3.05, 3.63) is 0 Å². The number of phosphoric acid groups is 1. The predicted molar refractivity (Wildman–Crippen MR) is 26.7 cm³/mol. The molecule has 0 aromatic heterocycles. The van der Waals surface area contributed by atoms with Crippen LogP contribution in [0.1, 0.15) is 0 Å². The van der Waals surface area contributed by atoms with Crippen LogP contribution < -0.4 is 29.6 Å². The zero-order chi connectivity index (χ0) is 8.08. The minimum atomic E-state index is -4.64. The van der Waals surface area contributed by atoms with Crippen molar-refractivity contribution in [2.45, 2.75) is 0 Å². The van der Waals surface area contributed by atoms with E-state index < -0.39 is 15.1 Å². The minimum Gasteiger partial charge on any atom is -0.402 e. The molecule has 0 saturated carbocycles. The van der Waals surface area contributed by atoms with E-state index in [2.05, 4.69) is 0 Å². The summed E-state index contributed by atoms with van der Waals surface area (Å²) in [5.41, 5.74) is 0. The van der Waals surface area contributed by atoms with Crippen molar-refractivity contribution >= 4 is 15.1 Å². The van der Waals surface area contributed by atoms with Crippen molar-refractivity contribution in [1.82, 2.24) is 0 Å². The molecule has 0 atom stereocenters. The Balaban J connectivity index is -0.0000000910. The Morgan fingerprint density at radius 2 is 1.00 bits per heavy atom. The summed E-state index contributed by atoms with van der Waals surface area (Å²) in [5, 5.41) is 21.5. The smallest absolute Gasteiger partial charge is 0.402 e. The van der Waals surface area contributed by atoms with Crippen molar-refractivity contribution in [3.63, 3.8) is 0 Å². The first kappa shape index (κ1) is 17.2. The Hall–Kier alpha value is 1.05. The van der Waals surface area contributed by atoms with E-state index in [0.717, 1.165) is 0 Å². The molecular formula is H6BNaO7P+. The molecule has 0 aliphatic rings. The number of rotatable bonds is 0. The molecule has 6 N–H and O–H groups in total. The summed E-state index contributed by atoms with van der Waals surface area (Å²) in [6.45, 7) is 0. The summed E-state index contributed by atoms with van der Waals surface area (Å²) in [7, 11) is -6.81. The molecule has 0 aliphatic carbocycles. The van der Waals surface area contributed by atoms with E-state index in [1.807, 2.05) is 0 Å². The van der Waals surface area contributed by atoms with E-state index in [-0.39, 0.29) is 29.6 Å². The van der Waals surface area contributed by atoms with Gasteiger partial charge < -0.3 is 29.8 Å². The van der Waals surface area contributed by atoms with Gasteiger partial charge >= 0.3 is 44.7 Å². The van der Waals surface area contributed by atoms with Gasteiger partial charge in [0.25, 0.3) is 0 Å². The topological polar surface area (TPSA) is 138 Å². The summed E-state index contributed by atoms with van der Waals surface area (Å²) < 4.78 is 8.88. The molecule has 10 heteroatoms. The predicted octanol–water partition coefficient (Wildman–Crippen LogP) is -5.98. The van der Waals surface area contributed by atoms with Gasteiger partial charge in [0, 0.05) is 0 Å². The van der Waals surface area contributed by atoms with Crippen LogP contribution in [0.25, 0.3) is 0 Å². The fourth-order valence-corrected chi connectivity index (χ4v) is 0. The Morgan fingerprint density at radius 1 is 1.00 bits per heavy atom. The van der Waals surface area contributed by atoms with Crippen molar-refractivity contribution in [1.29, 1.82) is 0 Å². The Bertz CT molecular complexity index is 84.8. The van der Waals surface area contributed by atoms with Crippen molar-refractivity contribution in [3.8, 4) is 0 Å². The molecule has 0 fully saturated rings. The molecule has 0 aromatic carbocycles. The van der Waals surface area contributed by atoms with E-state index in [0.29, 0.717) is 0 Å². The minimum absolute atomic E-state index is 0. The fraction of sp³-hybridized carbons (Fsp3) is 0. The van der Waals surface area contributed by atoms with Gasteiger partial charge in [-0.05, 0) is 0 Å². The van der Waals surface area contributed by atoms with Crippen molar-refractivity contribution in [2.75, 3.05) is 0 Å². The Kier molecular flexibility index (Phi) is 14.0. The molecule has 0 bridgehead atoms. The van der Waals surface area contributed by atoms with Gasteiger partial charge in [-0.3, -0.25) is 0 Å². The first-order valence-electron chi connectivity index (χ1n) is 1.56. The van der Waals surface area contributed by atoms with Crippen LogP contribution in [0, 0.1) is 0 Å². The second-order valence-electron chi connectivity index (χ2n) is 0.860. The zero-order valence-electron chi connectivity index (χ0n) is 5.12. The number of hydrogen-bond acceptors (Lipinski definition) is 4. The van der Waals surface area contributed by atoms with Crippen LogP contribution in [-0.2, 0) is 4.57 Å². The molecule has 0 aromatic rings. The average molecular weight is 183 g/mol. The van der Waals surface area contributed by atoms with Gasteiger partial charge in [-0.1, -0.05) is 0 Å². The molecule has 0 rings (SSSR count). The van der Waals surface area contributed by atoms with Crippen LogP contribution in [-0.4, -0.2) is 37.1 Å². The maximum Gasteiger partial charge on any atom is 1.00 e. The van der Waals surface area contributed by atoms with E-state index in [1.165, 1.54) is 0 Å². The van der Waals surface area contributed by atoms with Crippen LogP contribution in [0.4, 0.5) is 0 Å². The first-order chi connectivity index (χ1) is 3.73. The molecule has 0 unspecified atom stereocenters. The summed E-state index contributed by atoms with van der Waals surface area (Å²) in [6.07, 6.45) is 0. The van der Waals surface area contributed by atoms with Crippen LogP contribution in [0.2, 0.25) is 0 Å². The van der Waals surface area contributed by atoms with Gasteiger partial charge in [0.05, 0.1) is 0 Å². The van der Waals surface area contributed by atoms with Gasteiger partial charge in [-0.2, -0.15) is 0 Å². The van der Waals surface area contributed by atoms with Gasteiger partial charge in [-0.15, -0.1) is 0 Å². The monoisotopic (exact) mass is 183 g/mol. The van der Waals surface area contributed by atoms with Gasteiger partial charge in [0.1, 0.15) is 0 Å². The standard InChI is InChI=1S/BH3O3.Na.H3O4P/c2-1(3)4;;1-5(2,3)4/h2-4H;;(H3,1,2,3,4)/q;+1;. The van der Waals surface area contributed by atoms with E-state index in [9.17, 15) is 0 Å². The van der Waals surface area contributed by atoms with Crippen molar-refractivity contribution in [2.24, 2.45) is 0 Å². The van der Waals surface area contributed by atoms with Crippen molar-refractivity contribution < 1.29 is 63.9 Å². The van der Waals surface area contributed by atoms with E-state index in [1.54, 1.807) is 0 Å². The SMILES string of the molecule is O=P(O)(O)O.OB(O)O.[Na+]. The molecular weight excluding hydrogens is 177 g/mol. The van der Waals surface area contributed by atoms with E-state index in [4.69, 9.17) is 34.3 Å². The Morgan fingerprint density at radius 3 is 1.00 bits per heavy atom. The first-order valence-corrected chi connectivity index (χ1v) is 3.12. The van der Waals surface area contributed by atoms with Crippen LogP contribution >= 0.6 is 7.82 Å². The van der Waals surface area contributed by atoms with Crippen LogP contribution in [0.3, 0.4) is 0 Å². The quantitative estimate of drug-likeness (QED) is 0.162. The average Bonchev–Trinajstić information content (AvgIpc) is 1.19.